The van der Waals surface area contributed by atoms with Crippen LogP contribution in [0.5, 0.6) is 5.06 Å². The molecule has 0 radical (unpaired) electrons. The predicted molar refractivity (Wildman–Crippen MR) is 58.6 cm³/mol. The standard InChI is InChI=1S/C10H8O2S2/c1-12-9-5-4-8(14-9)10(11)7-3-2-6-13-7/h2-6H,1H3. The van der Waals surface area contributed by atoms with Gasteiger partial charge in [0.1, 0.15) is 0 Å². The minimum Gasteiger partial charge on any atom is -0.487 e. The SMILES string of the molecule is COc1ccc(C(=O)c2cccs2)s1. The fourth-order valence-corrected chi connectivity index (χ4v) is 2.60. The van der Waals surface area contributed by atoms with Crippen molar-refractivity contribution in [1.82, 2.24) is 0 Å². The maximum atomic E-state index is 11.8. The molecule has 0 bridgehead atoms. The lowest BCUT2D eigenvalue weighted by atomic mass is 10.3. The monoisotopic (exact) mass is 224 g/mol. The van der Waals surface area contributed by atoms with Crippen LogP contribution in [-0.4, -0.2) is 12.9 Å². The van der Waals surface area contributed by atoms with Gasteiger partial charge in [-0.1, -0.05) is 17.4 Å². The van der Waals surface area contributed by atoms with Crippen LogP contribution in [0.25, 0.3) is 0 Å². The maximum Gasteiger partial charge on any atom is 0.212 e. The quantitative estimate of drug-likeness (QED) is 0.749. The first-order valence-corrected chi connectivity index (χ1v) is 5.73. The van der Waals surface area contributed by atoms with E-state index in [0.717, 1.165) is 14.8 Å². The Bertz CT molecular complexity index is 429. The predicted octanol–water partition coefficient (Wildman–Crippen LogP) is 3.05. The van der Waals surface area contributed by atoms with Crippen LogP contribution >= 0.6 is 22.7 Å². The molecule has 0 unspecified atom stereocenters. The van der Waals surface area contributed by atoms with Crippen LogP contribution < -0.4 is 4.74 Å². The fourth-order valence-electron chi connectivity index (χ4n) is 1.08. The average Bonchev–Trinajstić information content (AvgIpc) is 2.88. The number of rotatable bonds is 3. The molecule has 4 heteroatoms. The zero-order valence-corrected chi connectivity index (χ0v) is 9.15. The molecule has 0 saturated carbocycles. The van der Waals surface area contributed by atoms with E-state index >= 15 is 0 Å². The number of ether oxygens (including phenoxy) is 1. The second-order valence-corrected chi connectivity index (χ2v) is 4.62. The minimum absolute atomic E-state index is 0.0771. The summed E-state index contributed by atoms with van der Waals surface area (Å²) in [5.74, 6) is 0.0771. The van der Waals surface area contributed by atoms with Gasteiger partial charge in [-0.15, -0.1) is 11.3 Å². The third-order valence-electron chi connectivity index (χ3n) is 1.75. The van der Waals surface area contributed by atoms with Crippen molar-refractivity contribution in [2.45, 2.75) is 0 Å². The van der Waals surface area contributed by atoms with Gasteiger partial charge in [0.2, 0.25) is 5.78 Å². The first kappa shape index (κ1) is 9.43. The third kappa shape index (κ3) is 1.71. The molecule has 2 aromatic heterocycles. The van der Waals surface area contributed by atoms with E-state index in [-0.39, 0.29) is 5.78 Å². The number of hydrogen-bond acceptors (Lipinski definition) is 4. The van der Waals surface area contributed by atoms with Crippen molar-refractivity contribution in [1.29, 1.82) is 0 Å². The largest absolute Gasteiger partial charge is 0.487 e. The molecule has 0 fully saturated rings. The summed E-state index contributed by atoms with van der Waals surface area (Å²) in [4.78, 5) is 13.3. The summed E-state index contributed by atoms with van der Waals surface area (Å²) >= 11 is 2.83. The normalized spacial score (nSPS) is 10.1. The Labute approximate surface area is 89.8 Å². The highest BCUT2D eigenvalue weighted by molar-refractivity contribution is 7.18. The van der Waals surface area contributed by atoms with E-state index in [1.807, 2.05) is 23.6 Å². The summed E-state index contributed by atoms with van der Waals surface area (Å²) in [5.41, 5.74) is 0. The van der Waals surface area contributed by atoms with Crippen molar-refractivity contribution < 1.29 is 9.53 Å². The molecule has 2 heterocycles. The van der Waals surface area contributed by atoms with Crippen molar-refractivity contribution in [3.8, 4) is 5.06 Å². The van der Waals surface area contributed by atoms with Crippen LogP contribution in [0.2, 0.25) is 0 Å². The highest BCUT2D eigenvalue weighted by Gasteiger charge is 2.12. The van der Waals surface area contributed by atoms with Crippen molar-refractivity contribution in [2.75, 3.05) is 7.11 Å². The van der Waals surface area contributed by atoms with E-state index in [1.165, 1.54) is 22.7 Å². The van der Waals surface area contributed by atoms with Gasteiger partial charge in [-0.3, -0.25) is 4.79 Å². The van der Waals surface area contributed by atoms with Crippen molar-refractivity contribution in [2.24, 2.45) is 0 Å². The van der Waals surface area contributed by atoms with Gasteiger partial charge in [0.15, 0.2) is 5.06 Å². The fraction of sp³-hybridized carbons (Fsp3) is 0.100. The van der Waals surface area contributed by atoms with E-state index < -0.39 is 0 Å². The molecule has 72 valence electrons. The molecule has 0 saturated heterocycles. The van der Waals surface area contributed by atoms with Gasteiger partial charge < -0.3 is 4.74 Å². The molecule has 0 atom stereocenters. The zero-order valence-electron chi connectivity index (χ0n) is 7.52. The second kappa shape index (κ2) is 3.94. The molecule has 0 aliphatic heterocycles. The lowest BCUT2D eigenvalue weighted by molar-refractivity contribution is 0.104. The maximum absolute atomic E-state index is 11.8. The van der Waals surface area contributed by atoms with E-state index in [9.17, 15) is 4.79 Å². The summed E-state index contributed by atoms with van der Waals surface area (Å²) in [5, 5.41) is 2.67. The Morgan fingerprint density at radius 3 is 2.71 bits per heavy atom. The van der Waals surface area contributed by atoms with E-state index in [0.29, 0.717) is 0 Å². The van der Waals surface area contributed by atoms with Gasteiger partial charge in [0, 0.05) is 0 Å². The molecule has 14 heavy (non-hydrogen) atoms. The van der Waals surface area contributed by atoms with Crippen LogP contribution in [-0.2, 0) is 0 Å². The molecule has 2 aromatic rings. The number of carbonyl (C=O) groups excluding carboxylic acids is 1. The summed E-state index contributed by atoms with van der Waals surface area (Å²) in [6, 6.07) is 7.32. The highest BCUT2D eigenvalue weighted by atomic mass is 32.1. The topological polar surface area (TPSA) is 26.3 Å². The smallest absolute Gasteiger partial charge is 0.212 e. The van der Waals surface area contributed by atoms with E-state index in [1.54, 1.807) is 13.2 Å². The molecule has 2 nitrogen and oxygen atoms in total. The van der Waals surface area contributed by atoms with Gasteiger partial charge in [-0.2, -0.15) is 0 Å². The number of hydrogen-bond donors (Lipinski definition) is 0. The summed E-state index contributed by atoms with van der Waals surface area (Å²) in [6.07, 6.45) is 0. The molecule has 0 aliphatic carbocycles. The highest BCUT2D eigenvalue weighted by Crippen LogP contribution is 2.27. The third-order valence-corrected chi connectivity index (χ3v) is 3.67. The van der Waals surface area contributed by atoms with Crippen molar-refractivity contribution >= 4 is 28.5 Å². The second-order valence-electron chi connectivity index (χ2n) is 2.63. The molecule has 0 spiro atoms. The summed E-state index contributed by atoms with van der Waals surface area (Å²) in [6.45, 7) is 0. The van der Waals surface area contributed by atoms with Crippen LogP contribution in [0.1, 0.15) is 14.5 Å². The summed E-state index contributed by atoms with van der Waals surface area (Å²) < 4.78 is 5.03. The van der Waals surface area contributed by atoms with Crippen molar-refractivity contribution in [3.05, 3.63) is 39.4 Å². The van der Waals surface area contributed by atoms with Gasteiger partial charge in [-0.05, 0) is 23.6 Å². The molecule has 0 amide bonds. The Morgan fingerprint density at radius 1 is 1.29 bits per heavy atom. The van der Waals surface area contributed by atoms with Crippen molar-refractivity contribution in [3.63, 3.8) is 0 Å². The van der Waals surface area contributed by atoms with E-state index in [2.05, 4.69) is 0 Å². The number of carbonyl (C=O) groups is 1. The van der Waals surface area contributed by atoms with Crippen LogP contribution in [0, 0.1) is 0 Å². The minimum atomic E-state index is 0.0771. The number of methoxy groups -OCH3 is 1. The Balaban J connectivity index is 2.28. The number of thiophene rings is 2. The Kier molecular flexibility index (Phi) is 2.65. The van der Waals surface area contributed by atoms with Gasteiger partial charge >= 0.3 is 0 Å². The van der Waals surface area contributed by atoms with Gasteiger partial charge in [0.05, 0.1) is 16.9 Å². The first-order chi connectivity index (χ1) is 6.81. The Hall–Kier alpha value is -1.13. The molecule has 0 aliphatic rings. The van der Waals surface area contributed by atoms with E-state index in [4.69, 9.17) is 4.74 Å². The van der Waals surface area contributed by atoms with Gasteiger partial charge in [-0.25, -0.2) is 0 Å². The molecular formula is C10H8O2S2. The summed E-state index contributed by atoms with van der Waals surface area (Å²) in [7, 11) is 1.60. The lowest BCUT2D eigenvalue weighted by Crippen LogP contribution is -1.93. The molecule has 0 aromatic carbocycles. The zero-order chi connectivity index (χ0) is 9.97. The first-order valence-electron chi connectivity index (χ1n) is 4.03. The van der Waals surface area contributed by atoms with Crippen LogP contribution in [0.15, 0.2) is 29.6 Å². The Morgan fingerprint density at radius 2 is 2.14 bits per heavy atom. The van der Waals surface area contributed by atoms with Crippen LogP contribution in [0.4, 0.5) is 0 Å². The molecule has 0 N–H and O–H groups in total. The molecular weight excluding hydrogens is 216 g/mol. The molecule has 2 rings (SSSR count). The lowest BCUT2D eigenvalue weighted by Gasteiger charge is -1.92. The number of ketones is 1. The average molecular weight is 224 g/mol. The van der Waals surface area contributed by atoms with Crippen LogP contribution in [0.3, 0.4) is 0 Å². The van der Waals surface area contributed by atoms with Gasteiger partial charge in [0.25, 0.3) is 0 Å².